The summed E-state index contributed by atoms with van der Waals surface area (Å²) < 4.78 is 19.2. The van der Waals surface area contributed by atoms with Crippen LogP contribution < -0.4 is 4.90 Å². The molecule has 0 aliphatic rings. The van der Waals surface area contributed by atoms with Gasteiger partial charge in [-0.15, -0.1) is 0 Å². The normalized spacial score (nSPS) is 12.8. The topological polar surface area (TPSA) is 32.7 Å². The van der Waals surface area contributed by atoms with E-state index in [-0.39, 0.29) is 5.82 Å². The molecule has 19 heavy (non-hydrogen) atoms. The first kappa shape index (κ1) is 15.9. The predicted molar refractivity (Wildman–Crippen MR) is 76.0 cm³/mol. The molecule has 0 amide bonds. The molecular weight excluding hydrogens is 245 g/mol. The third-order valence-corrected chi connectivity index (χ3v) is 2.94. The lowest BCUT2D eigenvalue weighted by Gasteiger charge is -2.29. The van der Waals surface area contributed by atoms with Crippen molar-refractivity contribution in [1.29, 1.82) is 0 Å². The Morgan fingerprint density at radius 3 is 2.53 bits per heavy atom. The van der Waals surface area contributed by atoms with Gasteiger partial charge in [-0.25, -0.2) is 4.39 Å². The van der Waals surface area contributed by atoms with Crippen molar-refractivity contribution in [2.24, 2.45) is 5.92 Å². The number of hydrogen-bond donors (Lipinski definition) is 1. The Bertz CT molecular complexity index is 394. The summed E-state index contributed by atoms with van der Waals surface area (Å²) in [7, 11) is 1.63. The Morgan fingerprint density at radius 2 is 2.00 bits per heavy atom. The van der Waals surface area contributed by atoms with Crippen LogP contribution in [-0.2, 0) is 4.74 Å². The Kier molecular flexibility index (Phi) is 6.25. The lowest BCUT2D eigenvalue weighted by molar-refractivity contribution is 0.196. The van der Waals surface area contributed by atoms with Crippen molar-refractivity contribution >= 4 is 5.69 Å². The third kappa shape index (κ3) is 4.48. The van der Waals surface area contributed by atoms with Crippen molar-refractivity contribution in [3.8, 4) is 0 Å². The summed E-state index contributed by atoms with van der Waals surface area (Å²) in [6.45, 7) is 7.69. The quantitative estimate of drug-likeness (QED) is 0.826. The molecule has 3 nitrogen and oxygen atoms in total. The molecule has 0 spiro atoms. The number of aliphatic hydroxyl groups excluding tert-OH is 1. The molecule has 0 fully saturated rings. The molecule has 108 valence electrons. The largest absolute Gasteiger partial charge is 0.389 e. The lowest BCUT2D eigenvalue weighted by atomic mass is 10.1. The van der Waals surface area contributed by atoms with Gasteiger partial charge in [-0.2, -0.15) is 0 Å². The van der Waals surface area contributed by atoms with Crippen molar-refractivity contribution in [2.45, 2.75) is 26.9 Å². The summed E-state index contributed by atoms with van der Waals surface area (Å²) in [6, 6.07) is 4.83. The average Bonchev–Trinajstić information content (AvgIpc) is 2.33. The van der Waals surface area contributed by atoms with E-state index in [1.54, 1.807) is 26.2 Å². The van der Waals surface area contributed by atoms with Crippen molar-refractivity contribution in [1.82, 2.24) is 0 Å². The fourth-order valence-electron chi connectivity index (χ4n) is 2.14. The summed E-state index contributed by atoms with van der Waals surface area (Å²) in [4.78, 5) is 1.95. The molecule has 4 heteroatoms. The number of rotatable bonds is 7. The molecule has 1 rings (SSSR count). The van der Waals surface area contributed by atoms with Gasteiger partial charge in [0.15, 0.2) is 0 Å². The highest BCUT2D eigenvalue weighted by molar-refractivity contribution is 5.55. The molecule has 1 aromatic carbocycles. The highest BCUT2D eigenvalue weighted by atomic mass is 19.1. The van der Waals surface area contributed by atoms with E-state index >= 15 is 0 Å². The summed E-state index contributed by atoms with van der Waals surface area (Å²) in [5.41, 5.74) is 1.11. The maximum atomic E-state index is 14.1. The van der Waals surface area contributed by atoms with Crippen LogP contribution in [0.1, 0.15) is 32.4 Å². The van der Waals surface area contributed by atoms with E-state index in [0.717, 1.165) is 6.54 Å². The van der Waals surface area contributed by atoms with Gasteiger partial charge >= 0.3 is 0 Å². The number of nitrogens with zero attached hydrogens (tertiary/aromatic N) is 1. The molecule has 0 aliphatic heterocycles. The smallest absolute Gasteiger partial charge is 0.146 e. The first-order valence-electron chi connectivity index (χ1n) is 6.67. The van der Waals surface area contributed by atoms with Crippen molar-refractivity contribution in [3.05, 3.63) is 29.6 Å². The third-order valence-electron chi connectivity index (χ3n) is 2.94. The van der Waals surface area contributed by atoms with Crippen LogP contribution in [0.5, 0.6) is 0 Å². The fourth-order valence-corrected chi connectivity index (χ4v) is 2.14. The number of benzene rings is 1. The Balaban J connectivity index is 3.12. The Morgan fingerprint density at radius 1 is 1.32 bits per heavy atom. The second-order valence-corrected chi connectivity index (χ2v) is 5.19. The van der Waals surface area contributed by atoms with Gasteiger partial charge in [-0.05, 0) is 18.9 Å². The maximum Gasteiger partial charge on any atom is 0.146 e. The first-order chi connectivity index (χ1) is 8.97. The molecule has 1 atom stereocenters. The van der Waals surface area contributed by atoms with E-state index < -0.39 is 6.10 Å². The van der Waals surface area contributed by atoms with Crippen LogP contribution in [-0.4, -0.2) is 31.9 Å². The fraction of sp³-hybridized carbons (Fsp3) is 0.600. The van der Waals surface area contributed by atoms with Gasteiger partial charge in [-0.1, -0.05) is 26.0 Å². The van der Waals surface area contributed by atoms with Crippen LogP contribution in [0, 0.1) is 11.7 Å². The van der Waals surface area contributed by atoms with E-state index in [2.05, 4.69) is 13.8 Å². The summed E-state index contributed by atoms with van der Waals surface area (Å²) in [5, 5.41) is 9.81. The molecule has 0 aromatic heterocycles. The molecule has 0 saturated heterocycles. The van der Waals surface area contributed by atoms with Crippen molar-refractivity contribution in [3.63, 3.8) is 0 Å². The highest BCUT2D eigenvalue weighted by Crippen LogP contribution is 2.29. The van der Waals surface area contributed by atoms with Crippen LogP contribution in [0.25, 0.3) is 0 Å². The summed E-state index contributed by atoms with van der Waals surface area (Å²) >= 11 is 0. The van der Waals surface area contributed by atoms with E-state index in [1.165, 1.54) is 6.07 Å². The number of methoxy groups -OCH3 is 1. The summed E-state index contributed by atoms with van der Waals surface area (Å²) in [5.74, 6) is 0.105. The van der Waals surface area contributed by atoms with Crippen molar-refractivity contribution < 1.29 is 14.2 Å². The second kappa shape index (κ2) is 7.46. The molecule has 1 N–H and O–H groups in total. The van der Waals surface area contributed by atoms with E-state index in [0.29, 0.717) is 30.3 Å². The number of para-hydroxylation sites is 1. The number of ether oxygens (including phenoxy) is 1. The minimum Gasteiger partial charge on any atom is -0.389 e. The van der Waals surface area contributed by atoms with Gasteiger partial charge in [0.2, 0.25) is 0 Å². The van der Waals surface area contributed by atoms with Crippen molar-refractivity contribution in [2.75, 3.05) is 31.7 Å². The van der Waals surface area contributed by atoms with E-state index in [1.807, 2.05) is 4.90 Å². The average molecular weight is 269 g/mol. The second-order valence-electron chi connectivity index (χ2n) is 5.19. The van der Waals surface area contributed by atoms with Gasteiger partial charge in [0.25, 0.3) is 0 Å². The SMILES string of the molecule is COCCN(CC(C)C)c1c(F)cccc1[C@H](C)O. The minimum absolute atomic E-state index is 0.296. The lowest BCUT2D eigenvalue weighted by Crippen LogP contribution is -2.32. The zero-order chi connectivity index (χ0) is 14.4. The summed E-state index contributed by atoms with van der Waals surface area (Å²) in [6.07, 6.45) is -0.692. The number of aliphatic hydroxyl groups is 1. The standard InChI is InChI=1S/C15H24FNO2/c1-11(2)10-17(8-9-19-4)15-13(12(3)18)6-5-7-14(15)16/h5-7,11-12,18H,8-10H2,1-4H3/t12-/m0/s1. The van der Waals surface area contributed by atoms with Gasteiger partial charge in [0.05, 0.1) is 18.4 Å². The number of hydrogen-bond acceptors (Lipinski definition) is 3. The molecule has 0 heterocycles. The predicted octanol–water partition coefficient (Wildman–Crippen LogP) is 2.99. The number of halogens is 1. The van der Waals surface area contributed by atoms with Crippen LogP contribution in [0.15, 0.2) is 18.2 Å². The van der Waals surface area contributed by atoms with Gasteiger partial charge in [0, 0.05) is 25.8 Å². The molecule has 0 saturated carbocycles. The Labute approximate surface area is 115 Å². The molecule has 0 unspecified atom stereocenters. The van der Waals surface area contributed by atoms with Gasteiger partial charge in [0.1, 0.15) is 5.82 Å². The van der Waals surface area contributed by atoms with Crippen LogP contribution >= 0.6 is 0 Å². The first-order valence-corrected chi connectivity index (χ1v) is 6.67. The molecular formula is C15H24FNO2. The minimum atomic E-state index is -0.692. The van der Waals surface area contributed by atoms with Crippen LogP contribution in [0.2, 0.25) is 0 Å². The van der Waals surface area contributed by atoms with E-state index in [9.17, 15) is 9.50 Å². The highest BCUT2D eigenvalue weighted by Gasteiger charge is 2.19. The van der Waals surface area contributed by atoms with Crippen LogP contribution in [0.3, 0.4) is 0 Å². The molecule has 0 bridgehead atoms. The van der Waals surface area contributed by atoms with Gasteiger partial charge in [-0.3, -0.25) is 0 Å². The number of anilines is 1. The molecule has 0 aliphatic carbocycles. The zero-order valence-electron chi connectivity index (χ0n) is 12.2. The Hall–Kier alpha value is -1.13. The van der Waals surface area contributed by atoms with Crippen LogP contribution in [0.4, 0.5) is 10.1 Å². The van der Waals surface area contributed by atoms with Gasteiger partial charge < -0.3 is 14.7 Å². The molecule has 0 radical (unpaired) electrons. The van der Waals surface area contributed by atoms with E-state index in [4.69, 9.17) is 4.74 Å². The monoisotopic (exact) mass is 269 g/mol. The molecule has 1 aromatic rings. The zero-order valence-corrected chi connectivity index (χ0v) is 12.2. The maximum absolute atomic E-state index is 14.1.